The Bertz CT molecular complexity index is 299. The van der Waals surface area contributed by atoms with Gasteiger partial charge in [-0.15, -0.1) is 0 Å². The molecule has 0 unspecified atom stereocenters. The topological polar surface area (TPSA) is 90.5 Å². The molecule has 1 heterocycles. The summed E-state index contributed by atoms with van der Waals surface area (Å²) in [6.07, 6.45) is 2.34. The molecule has 0 aromatic rings. The number of hydrogen-bond acceptors (Lipinski definition) is 3. The summed E-state index contributed by atoms with van der Waals surface area (Å²) in [5.41, 5.74) is -0.505. The third kappa shape index (κ3) is 5.86. The summed E-state index contributed by atoms with van der Waals surface area (Å²) in [5, 5.41) is 17.6. The maximum atomic E-state index is 11.8. The smallest absolute Gasteiger partial charge is 0.315 e. The average Bonchev–Trinajstić information content (AvgIpc) is 2.27. The van der Waals surface area contributed by atoms with Crippen molar-refractivity contribution in [2.24, 2.45) is 0 Å². The molecule has 0 atom stereocenters. The molecule has 0 radical (unpaired) electrons. The van der Waals surface area contributed by atoms with Gasteiger partial charge in [0.25, 0.3) is 0 Å². The van der Waals surface area contributed by atoms with E-state index in [0.717, 1.165) is 25.9 Å². The number of rotatable bonds is 5. The molecule has 4 N–H and O–H groups in total. The van der Waals surface area contributed by atoms with E-state index in [0.29, 0.717) is 6.42 Å². The molecule has 2 amide bonds. The molecule has 104 valence electrons. The molecule has 1 aliphatic rings. The highest BCUT2D eigenvalue weighted by atomic mass is 16.4. The summed E-state index contributed by atoms with van der Waals surface area (Å²) in [6.45, 7) is 5.51. The minimum atomic E-state index is -0.844. The monoisotopic (exact) mass is 257 g/mol. The van der Waals surface area contributed by atoms with Crippen LogP contribution >= 0.6 is 0 Å². The van der Waals surface area contributed by atoms with Gasteiger partial charge in [-0.2, -0.15) is 0 Å². The fourth-order valence-corrected chi connectivity index (χ4v) is 1.98. The van der Waals surface area contributed by atoms with Crippen LogP contribution in [-0.4, -0.2) is 41.8 Å². The Kier molecular flexibility index (Phi) is 5.40. The molecule has 0 aromatic heterocycles. The second kappa shape index (κ2) is 6.58. The van der Waals surface area contributed by atoms with Crippen molar-refractivity contribution in [3.8, 4) is 0 Å². The quantitative estimate of drug-likeness (QED) is 0.583. The molecular formula is C12H23N3O3. The average molecular weight is 257 g/mol. The van der Waals surface area contributed by atoms with E-state index in [1.165, 1.54) is 0 Å². The minimum Gasteiger partial charge on any atom is -0.481 e. The first-order chi connectivity index (χ1) is 8.39. The molecule has 6 heteroatoms. The van der Waals surface area contributed by atoms with Crippen molar-refractivity contribution in [1.29, 1.82) is 0 Å². The zero-order valence-corrected chi connectivity index (χ0v) is 11.1. The normalized spacial score (nSPS) is 17.2. The predicted molar refractivity (Wildman–Crippen MR) is 68.5 cm³/mol. The van der Waals surface area contributed by atoms with Gasteiger partial charge in [-0.25, -0.2) is 4.79 Å². The van der Waals surface area contributed by atoms with Crippen LogP contribution in [0.5, 0.6) is 0 Å². The van der Waals surface area contributed by atoms with E-state index in [4.69, 9.17) is 5.11 Å². The third-order valence-corrected chi connectivity index (χ3v) is 3.09. The van der Waals surface area contributed by atoms with Crippen molar-refractivity contribution in [2.75, 3.05) is 13.1 Å². The summed E-state index contributed by atoms with van der Waals surface area (Å²) in [6, 6.07) is -0.00110. The first-order valence-electron chi connectivity index (χ1n) is 6.40. The number of carbonyl (C=O) groups excluding carboxylic acids is 1. The van der Waals surface area contributed by atoms with Crippen molar-refractivity contribution in [3.05, 3.63) is 0 Å². The van der Waals surface area contributed by atoms with E-state index in [2.05, 4.69) is 16.0 Å². The van der Waals surface area contributed by atoms with E-state index < -0.39 is 11.5 Å². The van der Waals surface area contributed by atoms with Gasteiger partial charge >= 0.3 is 12.0 Å². The van der Waals surface area contributed by atoms with E-state index in [1.807, 2.05) is 13.8 Å². The fourth-order valence-electron chi connectivity index (χ4n) is 1.98. The van der Waals surface area contributed by atoms with Gasteiger partial charge in [0.05, 0.1) is 0 Å². The summed E-state index contributed by atoms with van der Waals surface area (Å²) in [4.78, 5) is 22.3. The number of nitrogens with one attached hydrogen (secondary N) is 3. The number of urea groups is 1. The van der Waals surface area contributed by atoms with Gasteiger partial charge in [-0.3, -0.25) is 4.79 Å². The largest absolute Gasteiger partial charge is 0.481 e. The van der Waals surface area contributed by atoms with Crippen molar-refractivity contribution < 1.29 is 14.7 Å². The highest BCUT2D eigenvalue weighted by Crippen LogP contribution is 2.11. The van der Waals surface area contributed by atoms with Gasteiger partial charge < -0.3 is 21.1 Å². The van der Waals surface area contributed by atoms with Gasteiger partial charge in [0, 0.05) is 18.0 Å². The zero-order valence-electron chi connectivity index (χ0n) is 11.1. The molecule has 0 aliphatic carbocycles. The Hall–Kier alpha value is -1.30. The van der Waals surface area contributed by atoms with E-state index in [1.54, 1.807) is 0 Å². The molecule has 1 rings (SSSR count). The Morgan fingerprint density at radius 3 is 2.50 bits per heavy atom. The molecule has 0 bridgehead atoms. The third-order valence-electron chi connectivity index (χ3n) is 3.09. The molecule has 18 heavy (non-hydrogen) atoms. The Balaban J connectivity index is 2.30. The van der Waals surface area contributed by atoms with Gasteiger partial charge in [-0.1, -0.05) is 0 Å². The van der Waals surface area contributed by atoms with Gasteiger partial charge in [-0.05, 0) is 46.2 Å². The van der Waals surface area contributed by atoms with E-state index in [-0.39, 0.29) is 18.5 Å². The molecule has 0 aromatic carbocycles. The maximum absolute atomic E-state index is 11.8. The number of carboxylic acid groups (broad SMARTS) is 1. The first-order valence-corrected chi connectivity index (χ1v) is 6.40. The molecule has 6 nitrogen and oxygen atoms in total. The van der Waals surface area contributed by atoms with Gasteiger partial charge in [0.2, 0.25) is 0 Å². The summed E-state index contributed by atoms with van der Waals surface area (Å²) in [7, 11) is 0. The lowest BCUT2D eigenvalue weighted by Gasteiger charge is -2.29. The summed E-state index contributed by atoms with van der Waals surface area (Å²) >= 11 is 0. The minimum absolute atomic E-state index is 0.0562. The molecular weight excluding hydrogens is 234 g/mol. The predicted octanol–water partition coefficient (Wildman–Crippen LogP) is 0.681. The number of hydrogen-bond donors (Lipinski definition) is 4. The fraction of sp³-hybridized carbons (Fsp3) is 0.833. The van der Waals surface area contributed by atoms with Crippen LogP contribution in [0.4, 0.5) is 4.79 Å². The SMILES string of the molecule is CC(C)(CCC(=O)O)NC(=O)NC1CCNCC1. The van der Waals surface area contributed by atoms with Crippen LogP contribution < -0.4 is 16.0 Å². The standard InChI is InChI=1S/C12H23N3O3/c1-12(2,6-3-10(16)17)15-11(18)14-9-4-7-13-8-5-9/h9,13H,3-8H2,1-2H3,(H,16,17)(H2,14,15,18). The van der Waals surface area contributed by atoms with E-state index in [9.17, 15) is 9.59 Å². The van der Waals surface area contributed by atoms with Crippen molar-refractivity contribution in [3.63, 3.8) is 0 Å². The second-order valence-electron chi connectivity index (χ2n) is 5.40. The van der Waals surface area contributed by atoms with E-state index >= 15 is 0 Å². The van der Waals surface area contributed by atoms with Crippen molar-refractivity contribution in [2.45, 2.75) is 51.1 Å². The van der Waals surface area contributed by atoms with Crippen LogP contribution in [0.25, 0.3) is 0 Å². The highest BCUT2D eigenvalue weighted by Gasteiger charge is 2.23. The first kappa shape index (κ1) is 14.8. The highest BCUT2D eigenvalue weighted by molar-refractivity contribution is 5.75. The Morgan fingerprint density at radius 2 is 1.94 bits per heavy atom. The summed E-state index contributed by atoms with van der Waals surface area (Å²) < 4.78 is 0. The molecule has 1 saturated heterocycles. The maximum Gasteiger partial charge on any atom is 0.315 e. The van der Waals surface area contributed by atoms with Crippen LogP contribution in [0, 0.1) is 0 Å². The lowest BCUT2D eigenvalue weighted by atomic mass is 9.98. The number of carboxylic acids is 1. The molecule has 0 spiro atoms. The van der Waals surface area contributed by atoms with Crippen molar-refractivity contribution >= 4 is 12.0 Å². The van der Waals surface area contributed by atoms with Crippen LogP contribution in [0.3, 0.4) is 0 Å². The van der Waals surface area contributed by atoms with Gasteiger partial charge in [0.1, 0.15) is 0 Å². The lowest BCUT2D eigenvalue weighted by molar-refractivity contribution is -0.137. The summed E-state index contributed by atoms with van der Waals surface area (Å²) in [5.74, 6) is -0.844. The number of piperidine rings is 1. The van der Waals surface area contributed by atoms with Crippen LogP contribution in [-0.2, 0) is 4.79 Å². The van der Waals surface area contributed by atoms with Crippen molar-refractivity contribution in [1.82, 2.24) is 16.0 Å². The molecule has 1 fully saturated rings. The number of carbonyl (C=O) groups is 2. The Labute approximate surface area is 108 Å². The number of amides is 2. The Morgan fingerprint density at radius 1 is 1.33 bits per heavy atom. The second-order valence-corrected chi connectivity index (χ2v) is 5.40. The van der Waals surface area contributed by atoms with Crippen LogP contribution in [0.15, 0.2) is 0 Å². The lowest BCUT2D eigenvalue weighted by Crippen LogP contribution is -2.52. The number of aliphatic carboxylic acids is 1. The van der Waals surface area contributed by atoms with Crippen LogP contribution in [0.2, 0.25) is 0 Å². The molecule has 1 aliphatic heterocycles. The van der Waals surface area contributed by atoms with Gasteiger partial charge in [0.15, 0.2) is 0 Å². The molecule has 0 saturated carbocycles. The zero-order chi connectivity index (χ0) is 13.6. The van der Waals surface area contributed by atoms with Crippen LogP contribution in [0.1, 0.15) is 39.5 Å².